The lowest BCUT2D eigenvalue weighted by Crippen LogP contribution is -2.23. The summed E-state index contributed by atoms with van der Waals surface area (Å²) in [5, 5.41) is 3.26. The van der Waals surface area contributed by atoms with Gasteiger partial charge in [0.1, 0.15) is 5.75 Å². The smallest absolute Gasteiger partial charge is 0.290 e. The lowest BCUT2D eigenvalue weighted by molar-refractivity contribution is 0.0920. The zero-order chi connectivity index (χ0) is 14.4. The number of rotatable bonds is 6. The van der Waals surface area contributed by atoms with Crippen molar-refractivity contribution < 1.29 is 13.9 Å². The SMILES string of the molecule is CCCCNC(=O)c1ccc(Oc2ccccc2Cl)o1. The average Bonchev–Trinajstić information content (AvgIpc) is 2.90. The Morgan fingerprint density at radius 2 is 2.10 bits per heavy atom. The number of carbonyl (C=O) groups is 1. The third kappa shape index (κ3) is 3.78. The minimum atomic E-state index is -0.243. The maximum atomic E-state index is 11.8. The van der Waals surface area contributed by atoms with Crippen molar-refractivity contribution in [3.8, 4) is 11.7 Å². The van der Waals surface area contributed by atoms with E-state index in [-0.39, 0.29) is 17.6 Å². The molecular weight excluding hydrogens is 278 g/mol. The molecule has 0 saturated carbocycles. The van der Waals surface area contributed by atoms with Crippen molar-refractivity contribution in [2.75, 3.05) is 6.54 Å². The van der Waals surface area contributed by atoms with Crippen molar-refractivity contribution in [2.24, 2.45) is 0 Å². The zero-order valence-corrected chi connectivity index (χ0v) is 11.9. The van der Waals surface area contributed by atoms with Gasteiger partial charge < -0.3 is 14.5 Å². The van der Waals surface area contributed by atoms with Crippen LogP contribution in [0.15, 0.2) is 40.8 Å². The van der Waals surface area contributed by atoms with E-state index in [9.17, 15) is 4.79 Å². The quantitative estimate of drug-likeness (QED) is 0.810. The van der Waals surface area contributed by atoms with Gasteiger partial charge in [-0.05, 0) is 24.6 Å². The van der Waals surface area contributed by atoms with Crippen LogP contribution in [0.25, 0.3) is 0 Å². The Morgan fingerprint density at radius 1 is 1.30 bits per heavy atom. The summed E-state index contributed by atoms with van der Waals surface area (Å²) in [5.41, 5.74) is 0. The number of carbonyl (C=O) groups excluding carboxylic acids is 1. The summed E-state index contributed by atoms with van der Waals surface area (Å²) < 4.78 is 10.8. The summed E-state index contributed by atoms with van der Waals surface area (Å²) in [6.07, 6.45) is 1.97. The molecule has 1 aromatic heterocycles. The zero-order valence-electron chi connectivity index (χ0n) is 11.2. The number of hydrogen-bond donors (Lipinski definition) is 1. The highest BCUT2D eigenvalue weighted by Crippen LogP contribution is 2.29. The molecule has 0 aliphatic rings. The van der Waals surface area contributed by atoms with E-state index in [1.165, 1.54) is 0 Å². The van der Waals surface area contributed by atoms with Gasteiger partial charge in [0.15, 0.2) is 5.76 Å². The molecule has 2 rings (SSSR count). The molecule has 4 nitrogen and oxygen atoms in total. The molecule has 20 heavy (non-hydrogen) atoms. The average molecular weight is 294 g/mol. The van der Waals surface area contributed by atoms with Crippen molar-refractivity contribution in [2.45, 2.75) is 19.8 Å². The molecule has 0 fully saturated rings. The van der Waals surface area contributed by atoms with E-state index < -0.39 is 0 Å². The second-order valence-corrected chi connectivity index (χ2v) is 4.67. The Hall–Kier alpha value is -1.94. The fourth-order valence-corrected chi connectivity index (χ4v) is 1.77. The standard InChI is InChI=1S/C15H16ClNO3/c1-2-3-10-17-15(18)13-8-9-14(20-13)19-12-7-5-4-6-11(12)16/h4-9H,2-3,10H2,1H3,(H,17,18). The van der Waals surface area contributed by atoms with Crippen molar-refractivity contribution in [3.63, 3.8) is 0 Å². The summed E-state index contributed by atoms with van der Waals surface area (Å²) in [4.78, 5) is 11.8. The molecule has 1 amide bonds. The molecule has 0 spiro atoms. The van der Waals surface area contributed by atoms with Crippen LogP contribution in [-0.2, 0) is 0 Å². The number of amides is 1. The van der Waals surface area contributed by atoms with Gasteiger partial charge in [-0.3, -0.25) is 4.79 Å². The second kappa shape index (κ2) is 7.01. The van der Waals surface area contributed by atoms with Crippen LogP contribution in [0.4, 0.5) is 0 Å². The third-order valence-corrected chi connectivity index (χ3v) is 2.98. The fraction of sp³-hybridized carbons (Fsp3) is 0.267. The van der Waals surface area contributed by atoms with E-state index >= 15 is 0 Å². The van der Waals surface area contributed by atoms with Gasteiger partial charge in [-0.1, -0.05) is 37.1 Å². The fourth-order valence-electron chi connectivity index (χ4n) is 1.60. The van der Waals surface area contributed by atoms with Crippen LogP contribution in [0.5, 0.6) is 11.7 Å². The van der Waals surface area contributed by atoms with Gasteiger partial charge in [-0.2, -0.15) is 0 Å². The second-order valence-electron chi connectivity index (χ2n) is 4.26. The number of ether oxygens (including phenoxy) is 1. The topological polar surface area (TPSA) is 51.5 Å². The molecule has 1 aromatic carbocycles. The minimum absolute atomic E-state index is 0.225. The maximum Gasteiger partial charge on any atom is 0.290 e. The molecule has 0 aliphatic carbocycles. The Morgan fingerprint density at radius 3 is 2.85 bits per heavy atom. The lowest BCUT2D eigenvalue weighted by atomic mass is 10.3. The van der Waals surface area contributed by atoms with Crippen molar-refractivity contribution in [3.05, 3.63) is 47.2 Å². The summed E-state index contributed by atoms with van der Waals surface area (Å²) in [7, 11) is 0. The van der Waals surface area contributed by atoms with Gasteiger partial charge in [-0.15, -0.1) is 0 Å². The number of para-hydroxylation sites is 1. The van der Waals surface area contributed by atoms with Crippen LogP contribution in [0.3, 0.4) is 0 Å². The first-order valence-corrected chi connectivity index (χ1v) is 6.89. The molecule has 5 heteroatoms. The number of benzene rings is 1. The maximum absolute atomic E-state index is 11.8. The number of halogens is 1. The van der Waals surface area contributed by atoms with Gasteiger partial charge in [0.25, 0.3) is 11.9 Å². The summed E-state index contributed by atoms with van der Waals surface area (Å²) in [5.74, 6) is 0.704. The third-order valence-electron chi connectivity index (χ3n) is 2.67. The Labute approximate surface area is 122 Å². The molecular formula is C15H16ClNO3. The molecule has 0 unspecified atom stereocenters. The van der Waals surface area contributed by atoms with Gasteiger partial charge in [0.05, 0.1) is 5.02 Å². The number of hydrogen-bond acceptors (Lipinski definition) is 3. The lowest BCUT2D eigenvalue weighted by Gasteiger charge is -2.04. The number of furan rings is 1. The minimum Gasteiger partial charge on any atom is -0.424 e. The van der Waals surface area contributed by atoms with Crippen LogP contribution in [0.1, 0.15) is 30.3 Å². The first-order chi connectivity index (χ1) is 9.70. The molecule has 1 heterocycles. The molecule has 1 N–H and O–H groups in total. The highest BCUT2D eigenvalue weighted by atomic mass is 35.5. The highest BCUT2D eigenvalue weighted by Gasteiger charge is 2.12. The van der Waals surface area contributed by atoms with Crippen LogP contribution in [-0.4, -0.2) is 12.5 Å². The van der Waals surface area contributed by atoms with E-state index in [0.717, 1.165) is 12.8 Å². The molecule has 106 valence electrons. The van der Waals surface area contributed by atoms with E-state index in [1.54, 1.807) is 24.3 Å². The molecule has 2 aromatic rings. The highest BCUT2D eigenvalue weighted by molar-refractivity contribution is 6.32. The number of unbranched alkanes of at least 4 members (excludes halogenated alkanes) is 1. The predicted octanol–water partition coefficient (Wildman–Crippen LogP) is 4.26. The Bertz CT molecular complexity index is 580. The normalized spacial score (nSPS) is 10.3. The number of nitrogens with one attached hydrogen (secondary N) is 1. The van der Waals surface area contributed by atoms with Crippen molar-refractivity contribution in [1.29, 1.82) is 0 Å². The van der Waals surface area contributed by atoms with E-state index in [0.29, 0.717) is 17.3 Å². The van der Waals surface area contributed by atoms with Gasteiger partial charge in [-0.25, -0.2) is 0 Å². The van der Waals surface area contributed by atoms with Crippen molar-refractivity contribution in [1.82, 2.24) is 5.32 Å². The summed E-state index contributed by atoms with van der Waals surface area (Å²) in [6, 6.07) is 10.2. The van der Waals surface area contributed by atoms with E-state index in [1.807, 2.05) is 12.1 Å². The van der Waals surface area contributed by atoms with Gasteiger partial charge in [0, 0.05) is 12.6 Å². The van der Waals surface area contributed by atoms with E-state index in [4.69, 9.17) is 20.8 Å². The van der Waals surface area contributed by atoms with Crippen molar-refractivity contribution >= 4 is 17.5 Å². The van der Waals surface area contributed by atoms with Crippen LogP contribution in [0, 0.1) is 0 Å². The largest absolute Gasteiger partial charge is 0.424 e. The monoisotopic (exact) mass is 293 g/mol. The van der Waals surface area contributed by atoms with Crippen LogP contribution < -0.4 is 10.1 Å². The van der Waals surface area contributed by atoms with Crippen LogP contribution in [0.2, 0.25) is 5.02 Å². The van der Waals surface area contributed by atoms with Gasteiger partial charge in [0.2, 0.25) is 0 Å². The molecule has 0 aliphatic heterocycles. The molecule has 0 atom stereocenters. The first-order valence-electron chi connectivity index (χ1n) is 6.51. The molecule has 0 bridgehead atoms. The summed E-state index contributed by atoms with van der Waals surface area (Å²) in [6.45, 7) is 2.70. The van der Waals surface area contributed by atoms with Crippen LogP contribution >= 0.6 is 11.6 Å². The Kier molecular flexibility index (Phi) is 5.07. The van der Waals surface area contributed by atoms with Gasteiger partial charge >= 0.3 is 0 Å². The first kappa shape index (κ1) is 14.5. The molecule has 0 radical (unpaired) electrons. The van der Waals surface area contributed by atoms with E-state index in [2.05, 4.69) is 12.2 Å². The summed E-state index contributed by atoms with van der Waals surface area (Å²) >= 11 is 5.98. The Balaban J connectivity index is 1.99. The molecule has 0 saturated heterocycles. The predicted molar refractivity (Wildman–Crippen MR) is 77.5 cm³/mol.